The van der Waals surface area contributed by atoms with Gasteiger partial charge in [-0.05, 0) is 55.0 Å². The van der Waals surface area contributed by atoms with Crippen LogP contribution in [0.2, 0.25) is 0 Å². The van der Waals surface area contributed by atoms with Gasteiger partial charge in [-0.25, -0.2) is 13.4 Å². The van der Waals surface area contributed by atoms with Gasteiger partial charge in [0, 0.05) is 19.2 Å². The number of carboxylic acids is 1. The van der Waals surface area contributed by atoms with E-state index in [9.17, 15) is 13.2 Å². The minimum absolute atomic E-state index is 0.0422. The highest BCUT2D eigenvalue weighted by Crippen LogP contribution is 2.45. The number of aryl methyl sites for hydroxylation is 2. The van der Waals surface area contributed by atoms with Crippen molar-refractivity contribution in [1.82, 2.24) is 9.29 Å². The summed E-state index contributed by atoms with van der Waals surface area (Å²) in [7, 11) is -3.75. The summed E-state index contributed by atoms with van der Waals surface area (Å²) in [6, 6.07) is 8.84. The van der Waals surface area contributed by atoms with Crippen LogP contribution in [0.25, 0.3) is 0 Å². The largest absolute Gasteiger partial charge is 0.481 e. The molecule has 7 nitrogen and oxygen atoms in total. The van der Waals surface area contributed by atoms with E-state index in [4.69, 9.17) is 9.84 Å². The van der Waals surface area contributed by atoms with Gasteiger partial charge in [-0.2, -0.15) is 4.31 Å². The molecule has 148 valence electrons. The number of hydrogen-bond donors (Lipinski definition) is 1. The number of aromatic nitrogens is 1. The van der Waals surface area contributed by atoms with Crippen molar-refractivity contribution in [3.63, 3.8) is 0 Å². The Hall–Kier alpha value is -2.45. The molecule has 0 saturated heterocycles. The zero-order chi connectivity index (χ0) is 19.9. The molecule has 1 saturated carbocycles. The molecule has 2 heterocycles. The normalized spacial score (nSPS) is 19.5. The number of hydrogen-bond acceptors (Lipinski definition) is 5. The van der Waals surface area contributed by atoms with Crippen molar-refractivity contribution in [2.75, 3.05) is 6.54 Å². The lowest BCUT2D eigenvalue weighted by Gasteiger charge is -2.23. The molecule has 8 heteroatoms. The molecule has 0 atom stereocenters. The third kappa shape index (κ3) is 3.62. The molecule has 1 aromatic heterocycles. The van der Waals surface area contributed by atoms with Gasteiger partial charge in [0.1, 0.15) is 10.5 Å². The predicted molar refractivity (Wildman–Crippen MR) is 102 cm³/mol. The average molecular weight is 402 g/mol. The SMILES string of the molecule is Cc1ccc(CCC(=O)O)cc1CN1CC2(CC2)Oc2ncccc2S1(=O)=O. The van der Waals surface area contributed by atoms with Crippen molar-refractivity contribution in [3.8, 4) is 5.88 Å². The van der Waals surface area contributed by atoms with E-state index in [-0.39, 0.29) is 30.3 Å². The Balaban J connectivity index is 1.67. The second-order valence-electron chi connectivity index (χ2n) is 7.52. The fourth-order valence-electron chi connectivity index (χ4n) is 3.46. The van der Waals surface area contributed by atoms with Crippen LogP contribution in [0.4, 0.5) is 0 Å². The number of nitrogens with zero attached hydrogens (tertiary/aromatic N) is 2. The van der Waals surface area contributed by atoms with E-state index in [2.05, 4.69) is 4.98 Å². The van der Waals surface area contributed by atoms with E-state index in [0.717, 1.165) is 29.5 Å². The Morgan fingerprint density at radius 2 is 2.11 bits per heavy atom. The molecule has 1 fully saturated rings. The van der Waals surface area contributed by atoms with Crippen LogP contribution in [-0.4, -0.2) is 40.9 Å². The third-order valence-corrected chi connectivity index (χ3v) is 7.13. The summed E-state index contributed by atoms with van der Waals surface area (Å²) in [5, 5.41) is 8.91. The molecule has 2 aromatic rings. The van der Waals surface area contributed by atoms with E-state index in [1.54, 1.807) is 6.07 Å². The molecular formula is C20H22N2O5S. The first-order valence-electron chi connectivity index (χ1n) is 9.23. The van der Waals surface area contributed by atoms with Gasteiger partial charge >= 0.3 is 5.97 Å². The van der Waals surface area contributed by atoms with Crippen LogP contribution < -0.4 is 4.74 Å². The fourth-order valence-corrected chi connectivity index (χ4v) is 5.02. The first-order chi connectivity index (χ1) is 13.3. The van der Waals surface area contributed by atoms with Gasteiger partial charge in [0.25, 0.3) is 0 Å². The van der Waals surface area contributed by atoms with Crippen LogP contribution in [0, 0.1) is 6.92 Å². The number of ether oxygens (including phenoxy) is 1. The van der Waals surface area contributed by atoms with Gasteiger partial charge < -0.3 is 9.84 Å². The molecule has 28 heavy (non-hydrogen) atoms. The molecule has 0 unspecified atom stereocenters. The van der Waals surface area contributed by atoms with E-state index < -0.39 is 21.6 Å². The second-order valence-corrected chi connectivity index (χ2v) is 9.43. The van der Waals surface area contributed by atoms with Gasteiger partial charge in [-0.15, -0.1) is 0 Å². The lowest BCUT2D eigenvalue weighted by atomic mass is 10.0. The van der Waals surface area contributed by atoms with Crippen molar-refractivity contribution in [3.05, 3.63) is 53.2 Å². The number of carbonyl (C=O) groups is 1. The minimum Gasteiger partial charge on any atom is -0.481 e. The number of sulfonamides is 1. The first-order valence-corrected chi connectivity index (χ1v) is 10.7. The van der Waals surface area contributed by atoms with Crippen LogP contribution >= 0.6 is 0 Å². The number of pyridine rings is 1. The highest BCUT2D eigenvalue weighted by Gasteiger charge is 2.52. The molecule has 1 spiro atoms. The molecule has 1 aromatic carbocycles. The maximum Gasteiger partial charge on any atom is 0.303 e. The van der Waals surface area contributed by atoms with Crippen molar-refractivity contribution >= 4 is 16.0 Å². The molecule has 0 radical (unpaired) electrons. The first kappa shape index (κ1) is 18.9. The zero-order valence-corrected chi connectivity index (χ0v) is 16.4. The summed E-state index contributed by atoms with van der Waals surface area (Å²) in [6.45, 7) is 2.43. The van der Waals surface area contributed by atoms with E-state index in [1.807, 2.05) is 25.1 Å². The molecule has 4 rings (SSSR count). The van der Waals surface area contributed by atoms with Gasteiger partial charge in [-0.3, -0.25) is 4.79 Å². The number of fused-ring (bicyclic) bond motifs is 1. The maximum atomic E-state index is 13.3. The summed E-state index contributed by atoms with van der Waals surface area (Å²) >= 11 is 0. The molecule has 1 aliphatic carbocycles. The molecular weight excluding hydrogens is 380 g/mol. The minimum atomic E-state index is -3.75. The van der Waals surface area contributed by atoms with Crippen molar-refractivity contribution in [1.29, 1.82) is 0 Å². The van der Waals surface area contributed by atoms with E-state index in [1.165, 1.54) is 16.6 Å². The fraction of sp³-hybridized carbons (Fsp3) is 0.400. The van der Waals surface area contributed by atoms with Crippen molar-refractivity contribution in [2.24, 2.45) is 0 Å². The number of carboxylic acid groups (broad SMARTS) is 1. The smallest absolute Gasteiger partial charge is 0.303 e. The number of aliphatic carboxylic acids is 1. The summed E-state index contributed by atoms with van der Waals surface area (Å²) in [5.74, 6) is -0.677. The van der Waals surface area contributed by atoms with Gasteiger partial charge in [0.15, 0.2) is 0 Å². The Kier molecular flexibility index (Phi) is 4.63. The third-order valence-electron chi connectivity index (χ3n) is 5.33. The molecule has 0 amide bonds. The van der Waals surface area contributed by atoms with E-state index in [0.29, 0.717) is 6.42 Å². The zero-order valence-electron chi connectivity index (χ0n) is 15.6. The molecule has 1 N–H and O–H groups in total. The predicted octanol–water partition coefficient (Wildman–Crippen LogP) is 2.52. The number of rotatable bonds is 5. The van der Waals surface area contributed by atoms with Gasteiger partial charge in [0.2, 0.25) is 15.9 Å². The van der Waals surface area contributed by atoms with Crippen LogP contribution in [0.3, 0.4) is 0 Å². The Morgan fingerprint density at radius 3 is 2.82 bits per heavy atom. The monoisotopic (exact) mass is 402 g/mol. The van der Waals surface area contributed by atoms with Crippen LogP contribution in [0.1, 0.15) is 36.0 Å². The van der Waals surface area contributed by atoms with Crippen LogP contribution in [-0.2, 0) is 27.8 Å². The highest BCUT2D eigenvalue weighted by atomic mass is 32.2. The summed E-state index contributed by atoms with van der Waals surface area (Å²) in [5.41, 5.74) is 2.22. The van der Waals surface area contributed by atoms with Crippen LogP contribution in [0.5, 0.6) is 5.88 Å². The Labute approximate surface area is 164 Å². The quantitative estimate of drug-likeness (QED) is 0.825. The van der Waals surface area contributed by atoms with Crippen molar-refractivity contribution in [2.45, 2.75) is 49.6 Å². The molecule has 0 bridgehead atoms. The molecule has 1 aliphatic heterocycles. The highest BCUT2D eigenvalue weighted by molar-refractivity contribution is 7.89. The van der Waals surface area contributed by atoms with Crippen molar-refractivity contribution < 1.29 is 23.1 Å². The lowest BCUT2D eigenvalue weighted by Crippen LogP contribution is -2.38. The van der Waals surface area contributed by atoms with Gasteiger partial charge in [-0.1, -0.05) is 18.2 Å². The lowest BCUT2D eigenvalue weighted by molar-refractivity contribution is -0.136. The summed E-state index contributed by atoms with van der Waals surface area (Å²) in [6.07, 6.45) is 3.59. The maximum absolute atomic E-state index is 13.3. The number of benzene rings is 1. The second kappa shape index (κ2) is 6.86. The molecule has 2 aliphatic rings. The topological polar surface area (TPSA) is 96.8 Å². The van der Waals surface area contributed by atoms with Crippen LogP contribution in [0.15, 0.2) is 41.4 Å². The Morgan fingerprint density at radius 1 is 1.32 bits per heavy atom. The summed E-state index contributed by atoms with van der Waals surface area (Å²) in [4.78, 5) is 15.1. The van der Waals surface area contributed by atoms with E-state index >= 15 is 0 Å². The Bertz CT molecular complexity index is 1030. The summed E-state index contributed by atoms with van der Waals surface area (Å²) < 4.78 is 34.0. The standard InChI is InChI=1S/C20H22N2O5S/c1-14-4-5-15(6-7-18(23)24)11-16(14)12-22-13-20(8-9-20)27-19-17(28(22,25)26)3-2-10-21-19/h2-5,10-11H,6-9,12-13H2,1H3,(H,23,24). The average Bonchev–Trinajstić information content (AvgIpc) is 3.41. The van der Waals surface area contributed by atoms with Gasteiger partial charge in [0.05, 0.1) is 6.54 Å².